The summed E-state index contributed by atoms with van der Waals surface area (Å²) in [6.45, 7) is 3.57. The van der Waals surface area contributed by atoms with E-state index in [1.165, 1.54) is 18.4 Å². The number of amidine groups is 1. The van der Waals surface area contributed by atoms with Crippen LogP contribution in [0.5, 0.6) is 34.5 Å². The number of benzene rings is 5. The number of phenols is 1. The van der Waals surface area contributed by atoms with Gasteiger partial charge in [-0.05, 0) is 102 Å². The molecular formula is C41H39BrN3O7P. The summed E-state index contributed by atoms with van der Waals surface area (Å²) < 4.78 is 50.1. The van der Waals surface area contributed by atoms with Gasteiger partial charge in [-0.15, -0.1) is 4.76 Å². The first-order chi connectivity index (χ1) is 25.8. The van der Waals surface area contributed by atoms with Crippen LogP contribution in [0.1, 0.15) is 46.7 Å². The molecule has 272 valence electrons. The predicted molar refractivity (Wildman–Crippen MR) is 206 cm³/mol. The van der Waals surface area contributed by atoms with E-state index in [0.717, 1.165) is 46.4 Å². The van der Waals surface area contributed by atoms with E-state index in [1.807, 2.05) is 30.3 Å². The summed E-state index contributed by atoms with van der Waals surface area (Å²) in [5.41, 5.74) is 4.84. The van der Waals surface area contributed by atoms with Gasteiger partial charge in [-0.3, -0.25) is 4.90 Å². The predicted octanol–water partition coefficient (Wildman–Crippen LogP) is 9.30. The molecular weight excluding hydrogens is 757 g/mol. The van der Waals surface area contributed by atoms with E-state index in [0.29, 0.717) is 41.1 Å². The van der Waals surface area contributed by atoms with Crippen LogP contribution >= 0.6 is 23.7 Å². The van der Waals surface area contributed by atoms with E-state index in [2.05, 4.69) is 50.0 Å². The molecule has 0 saturated carbocycles. The Hall–Kier alpha value is -4.96. The molecule has 10 nitrogen and oxygen atoms in total. The summed E-state index contributed by atoms with van der Waals surface area (Å²) in [7, 11) is -2.74. The van der Waals surface area contributed by atoms with Gasteiger partial charge in [-0.25, -0.2) is 4.57 Å². The van der Waals surface area contributed by atoms with Gasteiger partial charge in [0.1, 0.15) is 17.3 Å². The summed E-state index contributed by atoms with van der Waals surface area (Å²) in [5.74, 6) is 2.80. The van der Waals surface area contributed by atoms with Crippen molar-refractivity contribution in [2.45, 2.75) is 38.4 Å². The number of nitrogens with zero attached hydrogens (tertiary/aromatic N) is 3. The molecule has 0 aromatic heterocycles. The van der Waals surface area contributed by atoms with Crippen LogP contribution in [0.25, 0.3) is 0 Å². The van der Waals surface area contributed by atoms with Crippen LogP contribution in [-0.4, -0.2) is 47.7 Å². The summed E-state index contributed by atoms with van der Waals surface area (Å²) in [6.07, 6.45) is 2.67. The maximum atomic E-state index is 15.0. The maximum absolute atomic E-state index is 15.0. The molecule has 0 spiro atoms. The molecule has 0 radical (unpaired) electrons. The smallest absolute Gasteiger partial charge is 0.504 e. The van der Waals surface area contributed by atoms with Gasteiger partial charge in [0, 0.05) is 24.0 Å². The van der Waals surface area contributed by atoms with Crippen molar-refractivity contribution in [3.05, 3.63) is 141 Å². The molecule has 1 unspecified atom stereocenters. The van der Waals surface area contributed by atoms with Gasteiger partial charge in [0.15, 0.2) is 23.0 Å². The van der Waals surface area contributed by atoms with Crippen molar-refractivity contribution >= 4 is 29.5 Å². The Kier molecular flexibility index (Phi) is 10.1. The monoisotopic (exact) mass is 795 g/mol. The fraction of sp³-hybridized carbons (Fsp3) is 0.244. The zero-order valence-electron chi connectivity index (χ0n) is 29.2. The highest BCUT2D eigenvalue weighted by Gasteiger charge is 2.38. The SMILES string of the molecule is COc1cc2c(cc1O)C/C(=N/P(=O)(Oc1ccccc1)Oc1ccccc1)N(Cc1cc3c(cc1Br)OCO3)C2c1ccc(CN2CCCC2)cc1. The molecule has 0 bridgehead atoms. The Morgan fingerprint density at radius 3 is 2.13 bits per heavy atom. The van der Waals surface area contributed by atoms with Gasteiger partial charge in [0.05, 0.1) is 13.2 Å². The van der Waals surface area contributed by atoms with E-state index in [4.69, 9.17) is 28.0 Å². The Labute approximate surface area is 317 Å². The third-order valence-corrected chi connectivity index (χ3v) is 11.8. The molecule has 8 rings (SSSR count). The first-order valence-corrected chi connectivity index (χ1v) is 19.9. The van der Waals surface area contributed by atoms with Gasteiger partial charge in [0.2, 0.25) is 6.79 Å². The number of para-hydroxylation sites is 2. The number of ether oxygens (including phenoxy) is 3. The lowest BCUT2D eigenvalue weighted by molar-refractivity contribution is 0.174. The molecule has 5 aromatic carbocycles. The summed E-state index contributed by atoms with van der Waals surface area (Å²) in [4.78, 5) is 4.59. The number of hydrogen-bond donors (Lipinski definition) is 1. The van der Waals surface area contributed by atoms with E-state index in [-0.39, 0.29) is 19.0 Å². The Morgan fingerprint density at radius 1 is 0.849 bits per heavy atom. The highest BCUT2D eigenvalue weighted by molar-refractivity contribution is 9.10. The number of likely N-dealkylation sites (tertiary alicyclic amines) is 1. The van der Waals surface area contributed by atoms with Crippen LogP contribution in [0, 0.1) is 0 Å². The van der Waals surface area contributed by atoms with Crippen molar-refractivity contribution in [3.8, 4) is 34.5 Å². The van der Waals surface area contributed by atoms with Gasteiger partial charge >= 0.3 is 7.75 Å². The summed E-state index contributed by atoms with van der Waals surface area (Å²) in [5, 5.41) is 11.0. The zero-order chi connectivity index (χ0) is 36.4. The van der Waals surface area contributed by atoms with Crippen LogP contribution < -0.4 is 23.3 Å². The lowest BCUT2D eigenvalue weighted by atomic mass is 9.86. The van der Waals surface area contributed by atoms with Gasteiger partial charge in [0.25, 0.3) is 0 Å². The number of halogens is 1. The van der Waals surface area contributed by atoms with Crippen molar-refractivity contribution in [1.82, 2.24) is 9.80 Å². The normalized spacial score (nSPS) is 17.5. The van der Waals surface area contributed by atoms with Crippen LogP contribution in [0.2, 0.25) is 0 Å². The van der Waals surface area contributed by atoms with Gasteiger partial charge in [-0.1, -0.05) is 76.6 Å². The molecule has 0 aliphatic carbocycles. The summed E-state index contributed by atoms with van der Waals surface area (Å²) in [6, 6.07) is 33.4. The molecule has 12 heteroatoms. The van der Waals surface area contributed by atoms with E-state index in [1.54, 1.807) is 61.7 Å². The molecule has 1 fully saturated rings. The second-order valence-electron chi connectivity index (χ2n) is 13.2. The fourth-order valence-electron chi connectivity index (χ4n) is 7.12. The third-order valence-electron chi connectivity index (χ3n) is 9.68. The van der Waals surface area contributed by atoms with Crippen molar-refractivity contribution in [2.75, 3.05) is 27.0 Å². The van der Waals surface area contributed by atoms with Crippen molar-refractivity contribution in [1.29, 1.82) is 0 Å². The number of fused-ring (bicyclic) bond motifs is 2. The van der Waals surface area contributed by atoms with E-state index < -0.39 is 13.8 Å². The number of rotatable bonds is 11. The average Bonchev–Trinajstić information content (AvgIpc) is 3.85. The first-order valence-electron chi connectivity index (χ1n) is 17.6. The van der Waals surface area contributed by atoms with E-state index >= 15 is 0 Å². The number of phenolic OH excluding ortho intramolecular Hbond substituents is 1. The average molecular weight is 797 g/mol. The summed E-state index contributed by atoms with van der Waals surface area (Å²) >= 11 is 3.77. The van der Waals surface area contributed by atoms with E-state index in [9.17, 15) is 9.67 Å². The highest BCUT2D eigenvalue weighted by Crippen LogP contribution is 2.52. The Balaban J connectivity index is 1.29. The molecule has 3 aliphatic rings. The lowest BCUT2D eigenvalue weighted by Gasteiger charge is -2.41. The van der Waals surface area contributed by atoms with Crippen LogP contribution in [0.4, 0.5) is 0 Å². The topological polar surface area (TPSA) is 102 Å². The molecule has 1 N–H and O–H groups in total. The van der Waals surface area contributed by atoms with Gasteiger partial charge in [-0.2, -0.15) is 0 Å². The van der Waals surface area contributed by atoms with Crippen LogP contribution in [0.3, 0.4) is 0 Å². The molecule has 1 atom stereocenters. The molecule has 3 aliphatic heterocycles. The van der Waals surface area contributed by atoms with Crippen LogP contribution in [0.15, 0.2) is 118 Å². The number of methoxy groups -OCH3 is 1. The number of hydrogen-bond acceptors (Lipinski definition) is 8. The maximum Gasteiger partial charge on any atom is 0.564 e. The Morgan fingerprint density at radius 2 is 1.49 bits per heavy atom. The van der Waals surface area contributed by atoms with Crippen molar-refractivity contribution < 1.29 is 32.9 Å². The molecule has 0 amide bonds. The molecule has 53 heavy (non-hydrogen) atoms. The quantitative estimate of drug-likeness (QED) is 0.131. The second-order valence-corrected chi connectivity index (χ2v) is 15.6. The first kappa shape index (κ1) is 35.1. The Bertz CT molecular complexity index is 2120. The van der Waals surface area contributed by atoms with Crippen molar-refractivity contribution in [3.63, 3.8) is 0 Å². The highest BCUT2D eigenvalue weighted by atomic mass is 79.9. The molecule has 5 aromatic rings. The zero-order valence-corrected chi connectivity index (χ0v) is 31.7. The standard InChI is InChI=1S/C41H39BrN3O7P/c1-48-37-23-34-30(20-36(37)46)22-40(43-53(47,51-32-10-4-2-5-11-32)52-33-12-6-3-7-13-33)45(26-31-21-38-39(24-35(31)42)50-27-49-38)41(34)29-16-14-28(15-17-29)25-44-18-8-9-19-44/h2-7,10-17,20-21,23-24,41,46H,8-9,18-19,22,25-27H2,1H3/b43-40-. The largest absolute Gasteiger partial charge is 0.564 e. The number of aromatic hydroxyl groups is 1. The van der Waals surface area contributed by atoms with Crippen molar-refractivity contribution in [2.24, 2.45) is 4.76 Å². The third kappa shape index (κ3) is 7.74. The second kappa shape index (κ2) is 15.2. The minimum absolute atomic E-state index is 0.00142. The van der Waals surface area contributed by atoms with Gasteiger partial charge < -0.3 is 33.3 Å². The molecule has 1 saturated heterocycles. The lowest BCUT2D eigenvalue weighted by Crippen LogP contribution is -2.40. The minimum Gasteiger partial charge on any atom is -0.504 e. The van der Waals surface area contributed by atoms with Crippen LogP contribution in [-0.2, 0) is 24.1 Å². The fourth-order valence-corrected chi connectivity index (χ4v) is 8.93. The molecule has 3 heterocycles. The minimum atomic E-state index is -4.28.